The first-order valence-electron chi connectivity index (χ1n) is 9.72. The lowest BCUT2D eigenvalue weighted by Crippen LogP contribution is -2.35. The topological polar surface area (TPSA) is 83.3 Å². The summed E-state index contributed by atoms with van der Waals surface area (Å²) < 4.78 is 6.29. The van der Waals surface area contributed by atoms with Crippen molar-refractivity contribution in [3.63, 3.8) is 0 Å². The number of benzene rings is 2. The van der Waals surface area contributed by atoms with Crippen molar-refractivity contribution in [1.29, 1.82) is 5.26 Å². The van der Waals surface area contributed by atoms with Gasteiger partial charge in [-0.2, -0.15) is 5.26 Å². The minimum absolute atomic E-state index is 0.162. The summed E-state index contributed by atoms with van der Waals surface area (Å²) in [4.78, 5) is 30.9. The van der Waals surface area contributed by atoms with Crippen LogP contribution in [0.3, 0.4) is 0 Å². The SMILES string of the molecule is Cc1cc(C)cc(N(CCC#N)C(=O)COC(=O)CCc2nc3ccccc3s2)c1. The third kappa shape index (κ3) is 5.65. The lowest BCUT2D eigenvalue weighted by atomic mass is 10.1. The second kappa shape index (κ2) is 9.99. The van der Waals surface area contributed by atoms with E-state index in [0.717, 1.165) is 26.4 Å². The zero-order chi connectivity index (χ0) is 21.5. The zero-order valence-electron chi connectivity index (χ0n) is 17.1. The highest BCUT2D eigenvalue weighted by molar-refractivity contribution is 7.18. The number of para-hydroxylation sites is 1. The molecule has 7 heteroatoms. The average molecular weight is 422 g/mol. The van der Waals surface area contributed by atoms with E-state index in [9.17, 15) is 9.59 Å². The first kappa shape index (κ1) is 21.5. The van der Waals surface area contributed by atoms with Crippen LogP contribution in [0.1, 0.15) is 29.0 Å². The van der Waals surface area contributed by atoms with E-state index in [2.05, 4.69) is 11.1 Å². The minimum atomic E-state index is -0.441. The second-order valence-electron chi connectivity index (χ2n) is 7.04. The molecule has 3 rings (SSSR count). The number of amides is 1. The van der Waals surface area contributed by atoms with Crippen molar-refractivity contribution >= 4 is 39.1 Å². The molecule has 3 aromatic rings. The molecule has 0 radical (unpaired) electrons. The summed E-state index contributed by atoms with van der Waals surface area (Å²) in [5.41, 5.74) is 3.67. The summed E-state index contributed by atoms with van der Waals surface area (Å²) in [5.74, 6) is -0.785. The van der Waals surface area contributed by atoms with Gasteiger partial charge in [-0.1, -0.05) is 18.2 Å². The Morgan fingerprint density at radius 1 is 1.17 bits per heavy atom. The predicted molar refractivity (Wildman–Crippen MR) is 117 cm³/mol. The van der Waals surface area contributed by atoms with Crippen molar-refractivity contribution < 1.29 is 14.3 Å². The third-order valence-electron chi connectivity index (χ3n) is 4.50. The van der Waals surface area contributed by atoms with Crippen LogP contribution in [0.5, 0.6) is 0 Å². The van der Waals surface area contributed by atoms with E-state index in [-0.39, 0.29) is 31.9 Å². The van der Waals surface area contributed by atoms with Gasteiger partial charge in [-0.15, -0.1) is 11.3 Å². The standard InChI is InChI=1S/C23H23N3O3S/c1-16-12-17(2)14-18(13-16)26(11-5-10-24)22(27)15-29-23(28)9-8-21-25-19-6-3-4-7-20(19)30-21/h3-4,6-7,12-14H,5,8-9,11,15H2,1-2H3. The lowest BCUT2D eigenvalue weighted by molar-refractivity contribution is -0.147. The summed E-state index contributed by atoms with van der Waals surface area (Å²) >= 11 is 1.55. The number of esters is 1. The number of thiazole rings is 1. The fourth-order valence-electron chi connectivity index (χ4n) is 3.19. The number of fused-ring (bicyclic) bond motifs is 1. The average Bonchev–Trinajstić information content (AvgIpc) is 3.13. The van der Waals surface area contributed by atoms with Gasteiger partial charge in [0.2, 0.25) is 0 Å². The Morgan fingerprint density at radius 2 is 1.90 bits per heavy atom. The number of ether oxygens (including phenoxy) is 1. The highest BCUT2D eigenvalue weighted by Crippen LogP contribution is 2.23. The maximum Gasteiger partial charge on any atom is 0.306 e. The van der Waals surface area contributed by atoms with E-state index < -0.39 is 5.97 Å². The van der Waals surface area contributed by atoms with Crippen LogP contribution < -0.4 is 4.90 Å². The van der Waals surface area contributed by atoms with Gasteiger partial charge in [0.05, 0.1) is 34.1 Å². The van der Waals surface area contributed by atoms with Gasteiger partial charge in [0.25, 0.3) is 5.91 Å². The number of nitrogens with zero attached hydrogens (tertiary/aromatic N) is 3. The Morgan fingerprint density at radius 3 is 2.60 bits per heavy atom. The van der Waals surface area contributed by atoms with Gasteiger partial charge in [-0.05, 0) is 49.2 Å². The number of aromatic nitrogens is 1. The molecule has 0 aliphatic carbocycles. The summed E-state index contributed by atoms with van der Waals surface area (Å²) in [6, 6.07) is 15.7. The predicted octanol–water partition coefficient (Wildman–Crippen LogP) is 4.34. The Labute approximate surface area is 179 Å². The molecule has 1 heterocycles. The van der Waals surface area contributed by atoms with Gasteiger partial charge in [-0.25, -0.2) is 4.98 Å². The van der Waals surface area contributed by atoms with Gasteiger partial charge >= 0.3 is 5.97 Å². The van der Waals surface area contributed by atoms with Crippen LogP contribution in [-0.4, -0.2) is 30.0 Å². The molecule has 0 atom stereocenters. The van der Waals surface area contributed by atoms with Crippen LogP contribution in [0.15, 0.2) is 42.5 Å². The molecule has 0 N–H and O–H groups in total. The molecule has 0 fully saturated rings. The van der Waals surface area contributed by atoms with Crippen LogP contribution >= 0.6 is 11.3 Å². The maximum atomic E-state index is 12.7. The van der Waals surface area contributed by atoms with Crippen molar-refractivity contribution in [1.82, 2.24) is 4.98 Å². The van der Waals surface area contributed by atoms with Crippen LogP contribution in [0, 0.1) is 25.2 Å². The van der Waals surface area contributed by atoms with Crippen molar-refractivity contribution in [2.75, 3.05) is 18.1 Å². The third-order valence-corrected chi connectivity index (χ3v) is 5.60. The van der Waals surface area contributed by atoms with Gasteiger partial charge in [0, 0.05) is 18.7 Å². The summed E-state index contributed by atoms with van der Waals surface area (Å²) in [5, 5.41) is 9.79. The van der Waals surface area contributed by atoms with Crippen LogP contribution in [0.4, 0.5) is 5.69 Å². The molecule has 0 aliphatic rings. The molecule has 0 saturated carbocycles. The molecule has 154 valence electrons. The second-order valence-corrected chi connectivity index (χ2v) is 8.15. The number of rotatable bonds is 8. The Balaban J connectivity index is 1.57. The summed E-state index contributed by atoms with van der Waals surface area (Å²) in [7, 11) is 0. The number of anilines is 1. The molecule has 30 heavy (non-hydrogen) atoms. The van der Waals surface area contributed by atoms with Gasteiger partial charge in [0.15, 0.2) is 6.61 Å². The van der Waals surface area contributed by atoms with Crippen LogP contribution in [-0.2, 0) is 20.7 Å². The number of hydrogen-bond donors (Lipinski definition) is 0. The van der Waals surface area contributed by atoms with Gasteiger partial charge in [-0.3, -0.25) is 9.59 Å². The molecule has 2 aromatic carbocycles. The van der Waals surface area contributed by atoms with Crippen molar-refractivity contribution in [3.8, 4) is 6.07 Å². The Hall–Kier alpha value is -3.24. The quantitative estimate of drug-likeness (QED) is 0.505. The molecular formula is C23H23N3O3S. The molecule has 0 saturated heterocycles. The molecule has 0 aliphatic heterocycles. The first-order valence-corrected chi connectivity index (χ1v) is 10.5. The van der Waals surface area contributed by atoms with E-state index in [1.54, 1.807) is 11.3 Å². The van der Waals surface area contributed by atoms with Gasteiger partial charge < -0.3 is 9.64 Å². The zero-order valence-corrected chi connectivity index (χ0v) is 17.9. The summed E-state index contributed by atoms with van der Waals surface area (Å²) in [6.07, 6.45) is 0.834. The van der Waals surface area contributed by atoms with E-state index >= 15 is 0 Å². The number of hydrogen-bond acceptors (Lipinski definition) is 6. The highest BCUT2D eigenvalue weighted by atomic mass is 32.1. The molecule has 6 nitrogen and oxygen atoms in total. The Kier molecular flexibility index (Phi) is 7.15. The van der Waals surface area contributed by atoms with Crippen LogP contribution in [0.25, 0.3) is 10.2 Å². The lowest BCUT2D eigenvalue weighted by Gasteiger charge is -2.22. The first-order chi connectivity index (χ1) is 14.5. The number of carbonyl (C=O) groups excluding carboxylic acids is 2. The largest absolute Gasteiger partial charge is 0.456 e. The fourth-order valence-corrected chi connectivity index (χ4v) is 4.16. The van der Waals surface area contributed by atoms with E-state index in [1.165, 1.54) is 4.90 Å². The maximum absolute atomic E-state index is 12.7. The molecule has 1 aromatic heterocycles. The van der Waals surface area contributed by atoms with Crippen molar-refractivity contribution in [2.24, 2.45) is 0 Å². The number of carbonyl (C=O) groups is 2. The smallest absolute Gasteiger partial charge is 0.306 e. The highest BCUT2D eigenvalue weighted by Gasteiger charge is 2.18. The molecule has 1 amide bonds. The number of nitriles is 1. The monoisotopic (exact) mass is 421 g/mol. The molecule has 0 spiro atoms. The van der Waals surface area contributed by atoms with E-state index in [1.807, 2.05) is 56.3 Å². The van der Waals surface area contributed by atoms with Crippen LogP contribution in [0.2, 0.25) is 0 Å². The minimum Gasteiger partial charge on any atom is -0.456 e. The van der Waals surface area contributed by atoms with E-state index in [0.29, 0.717) is 12.1 Å². The number of aryl methyl sites for hydroxylation is 3. The molecular weight excluding hydrogens is 398 g/mol. The normalized spacial score (nSPS) is 10.6. The van der Waals surface area contributed by atoms with Crippen molar-refractivity contribution in [3.05, 3.63) is 58.6 Å². The van der Waals surface area contributed by atoms with Crippen molar-refractivity contribution in [2.45, 2.75) is 33.1 Å². The molecule has 0 bridgehead atoms. The molecule has 0 unspecified atom stereocenters. The Bertz CT molecular complexity index is 1050. The summed E-state index contributed by atoms with van der Waals surface area (Å²) in [6.45, 7) is 3.80. The van der Waals surface area contributed by atoms with E-state index in [4.69, 9.17) is 10.00 Å². The fraction of sp³-hybridized carbons (Fsp3) is 0.304. The van der Waals surface area contributed by atoms with Gasteiger partial charge in [0.1, 0.15) is 0 Å².